The number of carbonyl (C=O) groups is 3. The lowest BCUT2D eigenvalue weighted by molar-refractivity contribution is -0.132. The maximum atomic E-state index is 14.1. The van der Waals surface area contributed by atoms with Crippen LogP contribution in [0.25, 0.3) is 0 Å². The molecule has 0 N–H and O–H groups in total. The maximum Gasteiger partial charge on any atom is 0.417 e. The number of carbonyl (C=O) groups excluding carboxylic acids is 3. The van der Waals surface area contributed by atoms with Crippen LogP contribution in [0.4, 0.5) is 9.59 Å². The van der Waals surface area contributed by atoms with Crippen molar-refractivity contribution >= 4 is 29.7 Å². The average molecular weight is 499 g/mol. The fourth-order valence-corrected chi connectivity index (χ4v) is 4.93. The first kappa shape index (κ1) is 25.0. The topological polar surface area (TPSA) is 76.2 Å². The first-order valence-electron chi connectivity index (χ1n) is 11.9. The van der Waals surface area contributed by atoms with Crippen molar-refractivity contribution in [1.82, 2.24) is 9.80 Å². The van der Waals surface area contributed by atoms with E-state index < -0.39 is 35.8 Å². The number of ether oxygens (including phenoxy) is 2. The molecule has 3 amide bonds. The van der Waals surface area contributed by atoms with Crippen LogP contribution in [-0.2, 0) is 20.7 Å². The largest absolute Gasteiger partial charge is 0.447 e. The molecule has 8 heteroatoms. The van der Waals surface area contributed by atoms with Gasteiger partial charge in [-0.25, -0.2) is 14.5 Å². The van der Waals surface area contributed by atoms with Crippen LogP contribution in [0.15, 0.2) is 54.6 Å². The van der Waals surface area contributed by atoms with Crippen molar-refractivity contribution in [2.24, 2.45) is 0 Å². The summed E-state index contributed by atoms with van der Waals surface area (Å²) in [5.74, 6) is -1.14. The highest BCUT2D eigenvalue weighted by Gasteiger charge is 2.47. The maximum absolute atomic E-state index is 14.1. The van der Waals surface area contributed by atoms with Crippen LogP contribution < -0.4 is 0 Å². The van der Waals surface area contributed by atoms with Gasteiger partial charge < -0.3 is 14.4 Å². The van der Waals surface area contributed by atoms with Crippen molar-refractivity contribution in [2.45, 2.75) is 63.6 Å². The molecule has 0 bridgehead atoms. The van der Waals surface area contributed by atoms with E-state index in [4.69, 9.17) is 21.1 Å². The average Bonchev–Trinajstić information content (AvgIpc) is 3.42. The number of rotatable bonds is 5. The third-order valence-electron chi connectivity index (χ3n) is 6.32. The fourth-order valence-electron chi connectivity index (χ4n) is 4.80. The Labute approximate surface area is 210 Å². The Morgan fingerprint density at radius 1 is 1.11 bits per heavy atom. The molecule has 1 unspecified atom stereocenters. The first-order valence-corrected chi connectivity index (χ1v) is 12.3. The van der Waals surface area contributed by atoms with E-state index in [0.29, 0.717) is 30.0 Å². The lowest BCUT2D eigenvalue weighted by atomic mass is 9.88. The number of likely N-dealkylation sites (tertiary alicyclic amines) is 1. The molecule has 0 spiro atoms. The number of benzene rings is 2. The highest BCUT2D eigenvalue weighted by molar-refractivity contribution is 6.30. The van der Waals surface area contributed by atoms with Gasteiger partial charge in [0.1, 0.15) is 12.2 Å². The molecule has 2 aliphatic heterocycles. The summed E-state index contributed by atoms with van der Waals surface area (Å²) in [4.78, 5) is 42.8. The van der Waals surface area contributed by atoms with E-state index in [0.717, 1.165) is 12.0 Å². The van der Waals surface area contributed by atoms with Gasteiger partial charge in [0.2, 0.25) is 5.91 Å². The summed E-state index contributed by atoms with van der Waals surface area (Å²) in [6.07, 6.45) is 0.726. The molecule has 0 aromatic heterocycles. The van der Waals surface area contributed by atoms with Gasteiger partial charge in [0.25, 0.3) is 0 Å². The molecule has 2 fully saturated rings. The van der Waals surface area contributed by atoms with Crippen molar-refractivity contribution < 1.29 is 23.9 Å². The second kappa shape index (κ2) is 10.3. The Hall–Kier alpha value is -3.06. The molecule has 4 rings (SSSR count). The quantitative estimate of drug-likeness (QED) is 0.550. The molecule has 3 atom stereocenters. The normalized spacial score (nSPS) is 21.1. The Morgan fingerprint density at radius 2 is 1.80 bits per heavy atom. The van der Waals surface area contributed by atoms with Gasteiger partial charge >= 0.3 is 12.2 Å². The van der Waals surface area contributed by atoms with Crippen molar-refractivity contribution in [3.05, 3.63) is 70.7 Å². The molecular formula is C27H31ClN2O5. The number of halogens is 1. The summed E-state index contributed by atoms with van der Waals surface area (Å²) in [5.41, 5.74) is 1.04. The Bertz CT molecular complexity index is 1070. The van der Waals surface area contributed by atoms with E-state index >= 15 is 0 Å². The number of hydrogen-bond donors (Lipinski definition) is 0. The van der Waals surface area contributed by atoms with Crippen LogP contribution in [0.1, 0.15) is 50.7 Å². The SMILES string of the molecule is CC(C)(C)OC(=O)N1CCCC1[C@@H](C(=O)N1C(=O)OC[C@H]1Cc1ccccc1)c1ccc(Cl)cc1. The Kier molecular flexibility index (Phi) is 7.36. The van der Waals surface area contributed by atoms with Crippen LogP contribution in [-0.4, -0.2) is 58.7 Å². The minimum Gasteiger partial charge on any atom is -0.447 e. The lowest BCUT2D eigenvalue weighted by Gasteiger charge is -2.34. The lowest BCUT2D eigenvalue weighted by Crippen LogP contribution is -2.50. The molecule has 2 aliphatic rings. The van der Waals surface area contributed by atoms with Gasteiger partial charge in [-0.2, -0.15) is 0 Å². The van der Waals surface area contributed by atoms with Gasteiger partial charge in [0.15, 0.2) is 0 Å². The molecule has 186 valence electrons. The summed E-state index contributed by atoms with van der Waals surface area (Å²) >= 11 is 6.12. The third kappa shape index (κ3) is 5.78. The van der Waals surface area contributed by atoms with Crippen LogP contribution in [0.2, 0.25) is 5.02 Å². The van der Waals surface area contributed by atoms with E-state index in [1.54, 1.807) is 29.2 Å². The van der Waals surface area contributed by atoms with Crippen molar-refractivity contribution in [3.8, 4) is 0 Å². The molecule has 0 aliphatic carbocycles. The summed E-state index contributed by atoms with van der Waals surface area (Å²) < 4.78 is 11.0. The van der Waals surface area contributed by atoms with Gasteiger partial charge in [-0.1, -0.05) is 54.1 Å². The van der Waals surface area contributed by atoms with Crippen molar-refractivity contribution in [2.75, 3.05) is 13.2 Å². The van der Waals surface area contributed by atoms with E-state index in [1.165, 1.54) is 4.90 Å². The van der Waals surface area contributed by atoms with E-state index in [2.05, 4.69) is 0 Å². The fraction of sp³-hybridized carbons (Fsp3) is 0.444. The Balaban J connectivity index is 1.67. The highest BCUT2D eigenvalue weighted by atomic mass is 35.5. The van der Waals surface area contributed by atoms with E-state index in [1.807, 2.05) is 51.1 Å². The first-order chi connectivity index (χ1) is 16.6. The van der Waals surface area contributed by atoms with Gasteiger partial charge in [0.05, 0.1) is 18.0 Å². The zero-order valence-corrected chi connectivity index (χ0v) is 21.0. The molecular weight excluding hydrogens is 468 g/mol. The third-order valence-corrected chi connectivity index (χ3v) is 6.57. The van der Waals surface area contributed by atoms with Crippen LogP contribution in [0, 0.1) is 0 Å². The van der Waals surface area contributed by atoms with E-state index in [-0.39, 0.29) is 12.5 Å². The molecule has 2 saturated heterocycles. The summed E-state index contributed by atoms with van der Waals surface area (Å²) in [6.45, 7) is 6.05. The molecule has 2 aromatic carbocycles. The van der Waals surface area contributed by atoms with Crippen LogP contribution in [0.5, 0.6) is 0 Å². The summed E-state index contributed by atoms with van der Waals surface area (Å²) in [7, 11) is 0. The van der Waals surface area contributed by atoms with Crippen molar-refractivity contribution in [3.63, 3.8) is 0 Å². The number of cyclic esters (lactones) is 1. The van der Waals surface area contributed by atoms with E-state index in [9.17, 15) is 14.4 Å². The predicted octanol–water partition coefficient (Wildman–Crippen LogP) is 5.41. The molecule has 7 nitrogen and oxygen atoms in total. The minimum absolute atomic E-state index is 0.132. The molecule has 0 saturated carbocycles. The van der Waals surface area contributed by atoms with Gasteiger partial charge in [-0.3, -0.25) is 4.79 Å². The standard InChI is InChI=1S/C27H31ClN2O5/c1-27(2,3)35-25(32)29-15-7-10-22(29)23(19-11-13-20(28)14-12-19)24(31)30-21(17-34-26(30)33)16-18-8-5-4-6-9-18/h4-6,8-9,11-14,21-23H,7,10,15-17H2,1-3H3/t21-,22?,23+/m1/s1. The highest BCUT2D eigenvalue weighted by Crippen LogP contribution is 2.36. The predicted molar refractivity (Wildman–Crippen MR) is 132 cm³/mol. The summed E-state index contributed by atoms with van der Waals surface area (Å²) in [6, 6.07) is 15.8. The molecule has 2 heterocycles. The van der Waals surface area contributed by atoms with Gasteiger partial charge in [-0.05, 0) is 63.3 Å². The molecule has 0 radical (unpaired) electrons. The van der Waals surface area contributed by atoms with Gasteiger partial charge in [0, 0.05) is 11.6 Å². The monoisotopic (exact) mass is 498 g/mol. The van der Waals surface area contributed by atoms with Crippen LogP contribution >= 0.6 is 11.6 Å². The van der Waals surface area contributed by atoms with Gasteiger partial charge in [-0.15, -0.1) is 0 Å². The number of nitrogens with zero attached hydrogens (tertiary/aromatic N) is 2. The smallest absolute Gasteiger partial charge is 0.417 e. The zero-order chi connectivity index (χ0) is 25.2. The zero-order valence-electron chi connectivity index (χ0n) is 20.3. The number of amides is 3. The second-order valence-electron chi connectivity index (χ2n) is 10.0. The minimum atomic E-state index is -0.758. The Morgan fingerprint density at radius 3 is 2.46 bits per heavy atom. The summed E-state index contributed by atoms with van der Waals surface area (Å²) in [5, 5.41) is 0.540. The van der Waals surface area contributed by atoms with Crippen molar-refractivity contribution in [1.29, 1.82) is 0 Å². The molecule has 35 heavy (non-hydrogen) atoms. The second-order valence-corrected chi connectivity index (χ2v) is 10.5. The number of imide groups is 1. The number of hydrogen-bond acceptors (Lipinski definition) is 5. The van der Waals surface area contributed by atoms with Crippen LogP contribution in [0.3, 0.4) is 0 Å². The molecule has 2 aromatic rings.